The summed E-state index contributed by atoms with van der Waals surface area (Å²) in [6.07, 6.45) is 3.52. The maximum absolute atomic E-state index is 6.04. The molecule has 3 heterocycles. The number of thiophene rings is 1. The summed E-state index contributed by atoms with van der Waals surface area (Å²) in [5.41, 5.74) is 1.48. The van der Waals surface area contributed by atoms with Gasteiger partial charge in [-0.05, 0) is 36.4 Å². The number of hydrogen-bond donors (Lipinski definition) is 1. The lowest BCUT2D eigenvalue weighted by Crippen LogP contribution is -2.47. The molecule has 3 heteroatoms. The summed E-state index contributed by atoms with van der Waals surface area (Å²) in [4.78, 5) is 1.54. The zero-order valence-corrected chi connectivity index (χ0v) is 9.03. The summed E-state index contributed by atoms with van der Waals surface area (Å²) < 4.78 is 6.04. The molecule has 2 nitrogen and oxygen atoms in total. The molecule has 0 radical (unpaired) electrons. The molecule has 0 amide bonds. The van der Waals surface area contributed by atoms with Gasteiger partial charge in [0.25, 0.3) is 0 Å². The molecule has 0 aliphatic carbocycles. The fraction of sp³-hybridized carbons (Fsp3) is 0.636. The summed E-state index contributed by atoms with van der Waals surface area (Å²) in [6.45, 7) is 3.04. The van der Waals surface area contributed by atoms with Crippen molar-refractivity contribution in [1.82, 2.24) is 5.32 Å². The average molecular weight is 209 g/mol. The van der Waals surface area contributed by atoms with Crippen molar-refractivity contribution in [3.8, 4) is 0 Å². The molecule has 2 aliphatic rings. The van der Waals surface area contributed by atoms with Gasteiger partial charge < -0.3 is 10.1 Å². The van der Waals surface area contributed by atoms with E-state index in [0.717, 1.165) is 26.1 Å². The highest BCUT2D eigenvalue weighted by atomic mass is 32.1. The minimum atomic E-state index is 0.0197. The van der Waals surface area contributed by atoms with Crippen molar-refractivity contribution < 1.29 is 4.74 Å². The Labute approximate surface area is 88.3 Å². The van der Waals surface area contributed by atoms with Crippen LogP contribution in [-0.4, -0.2) is 19.7 Å². The summed E-state index contributed by atoms with van der Waals surface area (Å²) in [5.74, 6) is 0. The van der Waals surface area contributed by atoms with Gasteiger partial charge in [0.15, 0.2) is 0 Å². The molecule has 2 aliphatic heterocycles. The molecule has 1 saturated heterocycles. The summed E-state index contributed by atoms with van der Waals surface area (Å²) >= 11 is 1.89. The molecule has 1 spiro atoms. The Hall–Kier alpha value is -0.380. The van der Waals surface area contributed by atoms with Crippen LogP contribution in [0.3, 0.4) is 0 Å². The van der Waals surface area contributed by atoms with Crippen LogP contribution in [-0.2, 0) is 16.8 Å². The fourth-order valence-corrected chi connectivity index (χ4v) is 3.54. The quantitative estimate of drug-likeness (QED) is 0.704. The second-order valence-electron chi connectivity index (χ2n) is 4.13. The molecule has 3 rings (SSSR count). The second-order valence-corrected chi connectivity index (χ2v) is 5.13. The van der Waals surface area contributed by atoms with Crippen LogP contribution in [0.25, 0.3) is 0 Å². The number of rotatable bonds is 0. The SMILES string of the molecule is c1cc2c(s1)CCO[C@@]21CCCNC1. The Bertz CT molecular complexity index is 328. The van der Waals surface area contributed by atoms with E-state index in [1.807, 2.05) is 11.3 Å². The maximum atomic E-state index is 6.04. The first-order chi connectivity index (χ1) is 6.91. The lowest BCUT2D eigenvalue weighted by molar-refractivity contribution is -0.0739. The predicted octanol–water partition coefficient (Wildman–Crippen LogP) is 1.90. The van der Waals surface area contributed by atoms with Crippen molar-refractivity contribution in [2.24, 2.45) is 0 Å². The first kappa shape index (κ1) is 8.89. The van der Waals surface area contributed by atoms with Gasteiger partial charge in [0.1, 0.15) is 5.60 Å². The van der Waals surface area contributed by atoms with E-state index in [1.165, 1.54) is 18.4 Å². The van der Waals surface area contributed by atoms with Gasteiger partial charge in [0.2, 0.25) is 0 Å². The third kappa shape index (κ3) is 1.23. The molecule has 14 heavy (non-hydrogen) atoms. The zero-order valence-electron chi connectivity index (χ0n) is 8.21. The van der Waals surface area contributed by atoms with Crippen LogP contribution >= 0.6 is 11.3 Å². The van der Waals surface area contributed by atoms with E-state index in [0.29, 0.717) is 0 Å². The molecule has 0 bridgehead atoms. The molecule has 0 saturated carbocycles. The second kappa shape index (κ2) is 3.33. The van der Waals surface area contributed by atoms with Gasteiger partial charge in [-0.2, -0.15) is 0 Å². The molecule has 1 N–H and O–H groups in total. The zero-order chi connectivity index (χ0) is 9.43. The summed E-state index contributed by atoms with van der Waals surface area (Å²) in [5, 5.41) is 5.66. The number of hydrogen-bond acceptors (Lipinski definition) is 3. The minimum absolute atomic E-state index is 0.0197. The monoisotopic (exact) mass is 209 g/mol. The van der Waals surface area contributed by atoms with Crippen molar-refractivity contribution in [1.29, 1.82) is 0 Å². The Kier molecular flexibility index (Phi) is 2.11. The van der Waals surface area contributed by atoms with E-state index >= 15 is 0 Å². The largest absolute Gasteiger partial charge is 0.369 e. The highest BCUT2D eigenvalue weighted by Gasteiger charge is 2.39. The lowest BCUT2D eigenvalue weighted by Gasteiger charge is -2.40. The van der Waals surface area contributed by atoms with Crippen molar-refractivity contribution in [2.75, 3.05) is 19.7 Å². The van der Waals surface area contributed by atoms with Gasteiger partial charge in [0, 0.05) is 17.8 Å². The third-order valence-electron chi connectivity index (χ3n) is 3.29. The first-order valence-corrected chi connectivity index (χ1v) is 6.20. The number of fused-ring (bicyclic) bond motifs is 2. The van der Waals surface area contributed by atoms with Crippen LogP contribution in [0.2, 0.25) is 0 Å². The Morgan fingerprint density at radius 2 is 2.50 bits per heavy atom. The van der Waals surface area contributed by atoms with E-state index in [1.54, 1.807) is 4.88 Å². The fourth-order valence-electron chi connectivity index (χ4n) is 2.59. The molecular weight excluding hydrogens is 194 g/mol. The Morgan fingerprint density at radius 3 is 3.36 bits per heavy atom. The smallest absolute Gasteiger partial charge is 0.107 e. The van der Waals surface area contributed by atoms with Crippen molar-refractivity contribution in [3.63, 3.8) is 0 Å². The van der Waals surface area contributed by atoms with Crippen LogP contribution < -0.4 is 5.32 Å². The molecule has 1 atom stereocenters. The van der Waals surface area contributed by atoms with Crippen molar-refractivity contribution in [2.45, 2.75) is 24.9 Å². The van der Waals surface area contributed by atoms with E-state index in [-0.39, 0.29) is 5.60 Å². The van der Waals surface area contributed by atoms with Gasteiger partial charge in [-0.15, -0.1) is 11.3 Å². The van der Waals surface area contributed by atoms with E-state index in [9.17, 15) is 0 Å². The molecule has 1 aromatic heterocycles. The van der Waals surface area contributed by atoms with Crippen LogP contribution in [0.15, 0.2) is 11.4 Å². The highest BCUT2D eigenvalue weighted by Crippen LogP contribution is 2.40. The molecule has 1 fully saturated rings. The first-order valence-electron chi connectivity index (χ1n) is 5.32. The topological polar surface area (TPSA) is 21.3 Å². The standard InChI is InChI=1S/C11H15NOS/c1-4-11(8-12-5-1)9-3-7-14-10(9)2-6-13-11/h3,7,12H,1-2,4-6,8H2/t11-/m1/s1. The molecule has 1 aromatic rings. The highest BCUT2D eigenvalue weighted by molar-refractivity contribution is 7.10. The summed E-state index contributed by atoms with van der Waals surface area (Å²) in [7, 11) is 0. The van der Waals surface area contributed by atoms with Gasteiger partial charge >= 0.3 is 0 Å². The lowest BCUT2D eigenvalue weighted by atomic mass is 9.84. The average Bonchev–Trinajstić information content (AvgIpc) is 2.69. The molecular formula is C11H15NOS. The van der Waals surface area contributed by atoms with E-state index in [2.05, 4.69) is 16.8 Å². The normalized spacial score (nSPS) is 31.7. The van der Waals surface area contributed by atoms with Gasteiger partial charge in [-0.25, -0.2) is 0 Å². The number of ether oxygens (including phenoxy) is 1. The molecule has 76 valence electrons. The van der Waals surface area contributed by atoms with Crippen LogP contribution in [0.4, 0.5) is 0 Å². The molecule has 0 aromatic carbocycles. The van der Waals surface area contributed by atoms with Gasteiger partial charge in [-0.1, -0.05) is 0 Å². The summed E-state index contributed by atoms with van der Waals surface area (Å²) in [6, 6.07) is 2.26. The van der Waals surface area contributed by atoms with E-state index in [4.69, 9.17) is 4.74 Å². The number of nitrogens with one attached hydrogen (secondary N) is 1. The Morgan fingerprint density at radius 1 is 1.50 bits per heavy atom. The van der Waals surface area contributed by atoms with Crippen molar-refractivity contribution in [3.05, 3.63) is 21.9 Å². The van der Waals surface area contributed by atoms with Crippen molar-refractivity contribution >= 4 is 11.3 Å². The van der Waals surface area contributed by atoms with E-state index < -0.39 is 0 Å². The third-order valence-corrected chi connectivity index (χ3v) is 4.27. The minimum Gasteiger partial charge on any atom is -0.369 e. The van der Waals surface area contributed by atoms with Crippen LogP contribution in [0.1, 0.15) is 23.3 Å². The Balaban J connectivity index is 2.01. The number of piperidine rings is 1. The molecule has 0 unspecified atom stereocenters. The van der Waals surface area contributed by atoms with Crippen LogP contribution in [0.5, 0.6) is 0 Å². The maximum Gasteiger partial charge on any atom is 0.107 e. The van der Waals surface area contributed by atoms with Gasteiger partial charge in [0.05, 0.1) is 6.61 Å². The van der Waals surface area contributed by atoms with Gasteiger partial charge in [-0.3, -0.25) is 0 Å². The van der Waals surface area contributed by atoms with Crippen LogP contribution in [0, 0.1) is 0 Å². The predicted molar refractivity (Wildman–Crippen MR) is 57.8 cm³/mol.